The number of nitrogens with one attached hydrogen (secondary N) is 5. The zero-order valence-corrected chi connectivity index (χ0v) is 31.8. The smallest absolute Gasteiger partial charge is 0.272 e. The summed E-state index contributed by atoms with van der Waals surface area (Å²) in [6, 6.07) is 12.4. The Bertz CT molecular complexity index is 1880. The summed E-state index contributed by atoms with van der Waals surface area (Å²) in [6.07, 6.45) is 7.37. The Kier molecular flexibility index (Phi) is 15.6. The lowest BCUT2D eigenvalue weighted by atomic mass is 10.0. The molecule has 56 heavy (non-hydrogen) atoms. The molecular weight excluding hydrogens is 722 g/mol. The van der Waals surface area contributed by atoms with Gasteiger partial charge in [0.25, 0.3) is 17.7 Å². The Balaban J connectivity index is 1.09. The van der Waals surface area contributed by atoms with Crippen molar-refractivity contribution >= 4 is 45.9 Å². The second-order valence-corrected chi connectivity index (χ2v) is 14.3. The number of carbonyl (C=O) groups is 4. The molecule has 4 heterocycles. The highest BCUT2D eigenvalue weighted by atomic mass is 16.5. The molecule has 0 aliphatic carbocycles. The predicted octanol–water partition coefficient (Wildman–Crippen LogP) is 3.38. The van der Waals surface area contributed by atoms with Crippen molar-refractivity contribution in [1.29, 1.82) is 0 Å². The molecule has 0 bridgehead atoms. The van der Waals surface area contributed by atoms with Crippen LogP contribution in [-0.4, -0.2) is 102 Å². The van der Waals surface area contributed by atoms with E-state index >= 15 is 0 Å². The van der Waals surface area contributed by atoms with Gasteiger partial charge in [0.2, 0.25) is 5.91 Å². The minimum atomic E-state index is -1.53. The average molecular weight is 778 g/mol. The van der Waals surface area contributed by atoms with Crippen LogP contribution >= 0.6 is 0 Å². The third-order valence-electron chi connectivity index (χ3n) is 9.88. The first-order valence-corrected chi connectivity index (χ1v) is 19.4. The highest BCUT2D eigenvalue weighted by Gasteiger charge is 2.38. The molecule has 1 saturated heterocycles. The number of aliphatic hydroxyl groups is 4. The van der Waals surface area contributed by atoms with Crippen molar-refractivity contribution in [3.8, 4) is 0 Å². The lowest BCUT2D eigenvalue weighted by Gasteiger charge is -2.35. The number of amides is 4. The van der Waals surface area contributed by atoms with E-state index < -0.39 is 30.4 Å². The normalized spacial score (nSPS) is 18.2. The molecule has 0 unspecified atom stereocenters. The first-order chi connectivity index (χ1) is 27.0. The van der Waals surface area contributed by atoms with Gasteiger partial charge in [0, 0.05) is 56.5 Å². The Hall–Kier alpha value is -5.00. The van der Waals surface area contributed by atoms with Crippen LogP contribution in [0.3, 0.4) is 0 Å². The molecule has 1 aliphatic rings. The second-order valence-electron chi connectivity index (χ2n) is 14.3. The number of hydrogen-bond acceptors (Lipinski definition) is 9. The number of carbonyl (C=O) groups excluding carboxylic acids is 4. The van der Waals surface area contributed by atoms with Crippen LogP contribution in [0.5, 0.6) is 0 Å². The van der Waals surface area contributed by atoms with E-state index in [-0.39, 0.29) is 49.6 Å². The van der Waals surface area contributed by atoms with Gasteiger partial charge in [0.15, 0.2) is 6.23 Å². The zero-order valence-electron chi connectivity index (χ0n) is 31.8. The van der Waals surface area contributed by atoms with Crippen molar-refractivity contribution in [3.05, 3.63) is 71.9 Å². The van der Waals surface area contributed by atoms with Crippen molar-refractivity contribution in [2.75, 3.05) is 30.4 Å². The molecule has 1 fully saturated rings. The first kappa shape index (κ1) is 42.1. The third kappa shape index (κ3) is 11.8. The number of aromatic amines is 1. The van der Waals surface area contributed by atoms with E-state index in [0.717, 1.165) is 68.7 Å². The maximum Gasteiger partial charge on any atom is 0.272 e. The van der Waals surface area contributed by atoms with E-state index in [1.165, 1.54) is 6.07 Å². The minimum absolute atomic E-state index is 0.0915. The first-order valence-electron chi connectivity index (χ1n) is 19.4. The number of anilines is 2. The van der Waals surface area contributed by atoms with Gasteiger partial charge in [-0.15, -0.1) is 0 Å². The van der Waals surface area contributed by atoms with Crippen molar-refractivity contribution in [1.82, 2.24) is 24.8 Å². The third-order valence-corrected chi connectivity index (χ3v) is 9.88. The Morgan fingerprint density at radius 1 is 0.786 bits per heavy atom. The highest BCUT2D eigenvalue weighted by Crippen LogP contribution is 2.21. The minimum Gasteiger partial charge on any atom is -0.396 e. The van der Waals surface area contributed by atoms with Gasteiger partial charge in [-0.1, -0.05) is 63.1 Å². The maximum absolute atomic E-state index is 13.4. The molecule has 5 rings (SSSR count). The van der Waals surface area contributed by atoms with Crippen LogP contribution in [0.15, 0.2) is 54.9 Å². The fraction of sp³-hybridized carbons (Fsp3) is 0.500. The summed E-state index contributed by atoms with van der Waals surface area (Å²) in [5.74, 6) is -1.59. The van der Waals surface area contributed by atoms with E-state index in [4.69, 9.17) is 9.84 Å². The monoisotopic (exact) mass is 777 g/mol. The van der Waals surface area contributed by atoms with E-state index in [2.05, 4.69) is 26.3 Å². The van der Waals surface area contributed by atoms with Crippen LogP contribution in [-0.2, 0) is 23.1 Å². The van der Waals surface area contributed by atoms with E-state index in [0.29, 0.717) is 35.7 Å². The standard InChI is InChI=1S/C40H55N7O9/c1-46-23-27(43-37(53)30-20-26-14-9-10-15-29(26)44-30)21-31(46)38(54)41-17-13-16-34(50)42-28-22-32(39(55)45-40-36(52)35(51)33(49)25-56-40)47(24-28)18-11-7-5-3-2-4-6-8-12-19-48/h9-10,14-15,20-24,33,35-36,40,44,48-49,51-52H,2-8,11-13,16-19,25H2,1H3,(H,41,54)(H,42,50)(H,43,53)(H,45,55)/t33-,35+,36-,40-/m1/s1. The molecule has 4 atom stereocenters. The molecule has 16 heteroatoms. The maximum atomic E-state index is 13.4. The molecule has 3 aromatic heterocycles. The number of benzene rings is 1. The van der Waals surface area contributed by atoms with Crippen molar-refractivity contribution < 1.29 is 44.3 Å². The summed E-state index contributed by atoms with van der Waals surface area (Å²) in [6.45, 7) is 0.698. The fourth-order valence-corrected chi connectivity index (χ4v) is 6.74. The summed E-state index contributed by atoms with van der Waals surface area (Å²) >= 11 is 0. The summed E-state index contributed by atoms with van der Waals surface area (Å²) in [5, 5.41) is 51.0. The number of fused-ring (bicyclic) bond motifs is 1. The van der Waals surface area contributed by atoms with Gasteiger partial charge in [-0.2, -0.15) is 0 Å². The average Bonchev–Trinajstić information content (AvgIpc) is 3.90. The van der Waals surface area contributed by atoms with Crippen LogP contribution in [0, 0.1) is 0 Å². The van der Waals surface area contributed by atoms with E-state index in [9.17, 15) is 34.5 Å². The van der Waals surface area contributed by atoms with Crippen LogP contribution in [0.4, 0.5) is 11.4 Å². The summed E-state index contributed by atoms with van der Waals surface area (Å²) < 4.78 is 8.70. The summed E-state index contributed by atoms with van der Waals surface area (Å²) in [5.41, 5.74) is 2.66. The lowest BCUT2D eigenvalue weighted by molar-refractivity contribution is -0.191. The lowest BCUT2D eigenvalue weighted by Crippen LogP contribution is -2.59. The van der Waals surface area contributed by atoms with Crippen LogP contribution in [0.25, 0.3) is 10.9 Å². The Labute approximate surface area is 325 Å². The number of rotatable bonds is 21. The molecule has 304 valence electrons. The largest absolute Gasteiger partial charge is 0.396 e. The predicted molar refractivity (Wildman–Crippen MR) is 210 cm³/mol. The van der Waals surface area contributed by atoms with Crippen LogP contribution in [0.1, 0.15) is 102 Å². The van der Waals surface area contributed by atoms with Crippen molar-refractivity contribution in [2.45, 2.75) is 102 Å². The number of aryl methyl sites for hydroxylation is 2. The fourth-order valence-electron chi connectivity index (χ4n) is 6.74. The SMILES string of the molecule is Cn1cc(NC(=O)c2cc3ccccc3[nH]2)cc1C(=O)NCCCC(=O)Nc1cc(C(=O)N[C@@H]2OC[C@@H](O)[C@H](O)[C@H]2O)n(CCCCCCCCCCCO)c1. The molecule has 4 aromatic rings. The van der Waals surface area contributed by atoms with Gasteiger partial charge in [0.1, 0.15) is 35.4 Å². The summed E-state index contributed by atoms with van der Waals surface area (Å²) in [4.78, 5) is 55.1. The van der Waals surface area contributed by atoms with Gasteiger partial charge >= 0.3 is 0 Å². The number of aromatic nitrogens is 3. The number of unbranched alkanes of at least 4 members (excludes halogenated alkanes) is 8. The molecule has 1 aromatic carbocycles. The van der Waals surface area contributed by atoms with E-state index in [1.807, 2.05) is 24.3 Å². The highest BCUT2D eigenvalue weighted by molar-refractivity contribution is 6.06. The zero-order chi connectivity index (χ0) is 40.0. The molecular formula is C40H55N7O9. The van der Waals surface area contributed by atoms with Gasteiger partial charge in [0.05, 0.1) is 18.0 Å². The van der Waals surface area contributed by atoms with Crippen LogP contribution < -0.4 is 21.3 Å². The number of H-pyrrole nitrogens is 1. The van der Waals surface area contributed by atoms with Gasteiger partial charge in [-0.3, -0.25) is 19.2 Å². The number of para-hydroxylation sites is 1. The summed E-state index contributed by atoms with van der Waals surface area (Å²) in [7, 11) is 1.70. The molecule has 4 amide bonds. The molecule has 0 saturated carbocycles. The quantitative estimate of drug-likeness (QED) is 0.0564. The molecule has 9 N–H and O–H groups in total. The Morgan fingerprint density at radius 2 is 1.46 bits per heavy atom. The number of hydrogen-bond donors (Lipinski definition) is 9. The molecule has 0 spiro atoms. The second kappa shape index (κ2) is 20.8. The molecule has 1 aliphatic heterocycles. The van der Waals surface area contributed by atoms with Gasteiger partial charge < -0.3 is 60.5 Å². The molecule has 16 nitrogen and oxygen atoms in total. The number of ether oxygens (including phenoxy) is 1. The van der Waals surface area contributed by atoms with Crippen molar-refractivity contribution in [2.24, 2.45) is 7.05 Å². The van der Waals surface area contributed by atoms with Gasteiger partial charge in [-0.25, -0.2) is 0 Å². The number of nitrogens with zero attached hydrogens (tertiary/aromatic N) is 2. The van der Waals surface area contributed by atoms with Crippen LogP contribution in [0.2, 0.25) is 0 Å². The topological polar surface area (TPSA) is 232 Å². The number of aliphatic hydroxyl groups excluding tert-OH is 4. The van der Waals surface area contributed by atoms with Crippen molar-refractivity contribution in [3.63, 3.8) is 0 Å². The van der Waals surface area contributed by atoms with E-state index in [1.54, 1.807) is 40.7 Å². The van der Waals surface area contributed by atoms with Gasteiger partial charge in [-0.05, 0) is 43.5 Å². The Morgan fingerprint density at radius 3 is 2.20 bits per heavy atom. The molecule has 0 radical (unpaired) electrons.